The van der Waals surface area contributed by atoms with Crippen molar-refractivity contribution in [2.45, 2.75) is 73.6 Å². The number of unbranched alkanes of at least 4 members (excludes halogenated alkanes) is 3. The zero-order valence-electron chi connectivity index (χ0n) is 12.3. The van der Waals surface area contributed by atoms with Gasteiger partial charge in [-0.1, -0.05) is 71.4 Å². The van der Waals surface area contributed by atoms with Crippen molar-refractivity contribution in [1.82, 2.24) is 0 Å². The molecule has 0 N–H and O–H groups in total. The summed E-state index contributed by atoms with van der Waals surface area (Å²) in [7, 11) is 0. The highest BCUT2D eigenvalue weighted by atomic mass is 14.2. The van der Waals surface area contributed by atoms with Crippen LogP contribution in [0.15, 0.2) is 11.6 Å². The molecule has 0 nitrogen and oxygen atoms in total. The van der Waals surface area contributed by atoms with E-state index in [1.54, 1.807) is 0 Å². The molecule has 0 saturated carbocycles. The molecule has 0 bridgehead atoms. The van der Waals surface area contributed by atoms with Gasteiger partial charge in [0.15, 0.2) is 0 Å². The summed E-state index contributed by atoms with van der Waals surface area (Å²) in [6.07, 6.45) is 9.45. The van der Waals surface area contributed by atoms with Gasteiger partial charge in [-0.2, -0.15) is 0 Å². The third-order valence-corrected chi connectivity index (χ3v) is 3.47. The zero-order chi connectivity index (χ0) is 12.6. The van der Waals surface area contributed by atoms with Crippen LogP contribution >= 0.6 is 0 Å². The fraction of sp³-hybridized carbons (Fsp3) is 0.875. The van der Waals surface area contributed by atoms with E-state index < -0.39 is 0 Å². The molecule has 0 saturated heterocycles. The first-order chi connectivity index (χ1) is 7.49. The van der Waals surface area contributed by atoms with Crippen LogP contribution in [0.3, 0.4) is 0 Å². The highest BCUT2D eigenvalue weighted by Gasteiger charge is 2.17. The van der Waals surface area contributed by atoms with E-state index in [1.807, 2.05) is 0 Å². The fourth-order valence-corrected chi connectivity index (χ4v) is 2.48. The number of allylic oxidation sites excluding steroid dienone is 2. The maximum Gasteiger partial charge on any atom is -0.0182 e. The largest absolute Gasteiger partial charge is 0.0822 e. The van der Waals surface area contributed by atoms with Gasteiger partial charge in [0.1, 0.15) is 0 Å². The molecule has 16 heavy (non-hydrogen) atoms. The molecule has 0 aliphatic heterocycles. The van der Waals surface area contributed by atoms with Gasteiger partial charge in [-0.25, -0.2) is 0 Å². The third-order valence-electron chi connectivity index (χ3n) is 3.47. The maximum atomic E-state index is 2.48. The Hall–Kier alpha value is -0.260. The molecule has 0 fully saturated rings. The van der Waals surface area contributed by atoms with Crippen molar-refractivity contribution in [2.24, 2.45) is 17.8 Å². The molecular formula is C16H32. The summed E-state index contributed by atoms with van der Waals surface area (Å²) in [5.41, 5.74) is 1.47. The summed E-state index contributed by atoms with van der Waals surface area (Å²) in [5, 5.41) is 0. The molecule has 0 aliphatic carbocycles. The Balaban J connectivity index is 4.08. The average molecular weight is 224 g/mol. The highest BCUT2D eigenvalue weighted by Crippen LogP contribution is 2.27. The van der Waals surface area contributed by atoms with Gasteiger partial charge in [-0.05, 0) is 31.6 Å². The van der Waals surface area contributed by atoms with Crippen LogP contribution in [0.5, 0.6) is 0 Å². The van der Waals surface area contributed by atoms with Gasteiger partial charge in [0.25, 0.3) is 0 Å². The van der Waals surface area contributed by atoms with Crippen LogP contribution in [-0.4, -0.2) is 0 Å². The lowest BCUT2D eigenvalue weighted by molar-refractivity contribution is 0.307. The Bertz CT molecular complexity index is 184. The van der Waals surface area contributed by atoms with E-state index in [1.165, 1.54) is 37.7 Å². The minimum absolute atomic E-state index is 0.770. The smallest absolute Gasteiger partial charge is 0.0182 e. The molecular weight excluding hydrogens is 192 g/mol. The summed E-state index contributed by atoms with van der Waals surface area (Å²) >= 11 is 0. The molecule has 0 radical (unpaired) electrons. The molecule has 0 aromatic rings. The molecule has 0 aromatic heterocycles. The summed E-state index contributed by atoms with van der Waals surface area (Å²) < 4.78 is 0. The van der Waals surface area contributed by atoms with Crippen LogP contribution in [0.1, 0.15) is 73.6 Å². The average Bonchev–Trinajstić information content (AvgIpc) is 2.20. The van der Waals surface area contributed by atoms with Gasteiger partial charge in [0.05, 0.1) is 0 Å². The second-order valence-electron chi connectivity index (χ2n) is 5.89. The van der Waals surface area contributed by atoms with Crippen LogP contribution in [0, 0.1) is 17.8 Å². The van der Waals surface area contributed by atoms with Crippen LogP contribution < -0.4 is 0 Å². The molecule has 0 heterocycles. The van der Waals surface area contributed by atoms with E-state index in [0.717, 1.165) is 17.8 Å². The topological polar surface area (TPSA) is 0 Å². The molecule has 0 spiro atoms. The molecule has 2 unspecified atom stereocenters. The maximum absolute atomic E-state index is 2.48. The van der Waals surface area contributed by atoms with Gasteiger partial charge < -0.3 is 0 Å². The summed E-state index contributed by atoms with van der Waals surface area (Å²) in [4.78, 5) is 0. The SMILES string of the molecule is CCCCCCC(C)C(C=C(C)C)C(C)C. The molecule has 2 atom stereocenters. The van der Waals surface area contributed by atoms with E-state index in [-0.39, 0.29) is 0 Å². The van der Waals surface area contributed by atoms with Crippen molar-refractivity contribution in [1.29, 1.82) is 0 Å². The van der Waals surface area contributed by atoms with Gasteiger partial charge in [0.2, 0.25) is 0 Å². The Morgan fingerprint density at radius 3 is 2.06 bits per heavy atom. The van der Waals surface area contributed by atoms with Gasteiger partial charge in [-0.15, -0.1) is 0 Å². The van der Waals surface area contributed by atoms with Crippen molar-refractivity contribution >= 4 is 0 Å². The van der Waals surface area contributed by atoms with E-state index in [2.05, 4.69) is 47.6 Å². The van der Waals surface area contributed by atoms with E-state index in [4.69, 9.17) is 0 Å². The second-order valence-corrected chi connectivity index (χ2v) is 5.89. The molecule has 0 aliphatic rings. The van der Waals surface area contributed by atoms with Crippen molar-refractivity contribution in [3.05, 3.63) is 11.6 Å². The van der Waals surface area contributed by atoms with Gasteiger partial charge in [-0.3, -0.25) is 0 Å². The summed E-state index contributed by atoms with van der Waals surface area (Å²) in [5.74, 6) is 2.38. The summed E-state index contributed by atoms with van der Waals surface area (Å²) in [6.45, 7) is 13.9. The summed E-state index contributed by atoms with van der Waals surface area (Å²) in [6, 6.07) is 0. The zero-order valence-corrected chi connectivity index (χ0v) is 12.3. The van der Waals surface area contributed by atoms with E-state index >= 15 is 0 Å². The van der Waals surface area contributed by atoms with E-state index in [0.29, 0.717) is 0 Å². The number of hydrogen-bond acceptors (Lipinski definition) is 0. The third kappa shape index (κ3) is 7.09. The lowest BCUT2D eigenvalue weighted by Crippen LogP contribution is -2.16. The van der Waals surface area contributed by atoms with Crippen molar-refractivity contribution in [3.63, 3.8) is 0 Å². The first-order valence-corrected chi connectivity index (χ1v) is 7.14. The van der Waals surface area contributed by atoms with Crippen molar-refractivity contribution < 1.29 is 0 Å². The van der Waals surface area contributed by atoms with Crippen LogP contribution in [0.4, 0.5) is 0 Å². The molecule has 0 aromatic carbocycles. The van der Waals surface area contributed by atoms with Gasteiger partial charge in [0, 0.05) is 0 Å². The first-order valence-electron chi connectivity index (χ1n) is 7.14. The predicted molar refractivity (Wildman–Crippen MR) is 75.7 cm³/mol. The quantitative estimate of drug-likeness (QED) is 0.359. The van der Waals surface area contributed by atoms with E-state index in [9.17, 15) is 0 Å². The lowest BCUT2D eigenvalue weighted by Gasteiger charge is -2.25. The molecule has 96 valence electrons. The lowest BCUT2D eigenvalue weighted by atomic mass is 9.80. The minimum Gasteiger partial charge on any atom is -0.0822 e. The van der Waals surface area contributed by atoms with Crippen LogP contribution in [-0.2, 0) is 0 Å². The number of hydrogen-bond donors (Lipinski definition) is 0. The monoisotopic (exact) mass is 224 g/mol. The van der Waals surface area contributed by atoms with Crippen molar-refractivity contribution in [2.75, 3.05) is 0 Å². The Kier molecular flexibility index (Phi) is 8.70. The minimum atomic E-state index is 0.770. The standard InChI is InChI=1S/C16H32/c1-7-8-9-10-11-15(6)16(14(4)5)12-13(2)3/h12,14-16H,7-11H2,1-6H3. The second kappa shape index (κ2) is 8.84. The Morgan fingerprint density at radius 1 is 1.00 bits per heavy atom. The van der Waals surface area contributed by atoms with Crippen molar-refractivity contribution in [3.8, 4) is 0 Å². The van der Waals surface area contributed by atoms with Crippen LogP contribution in [0.25, 0.3) is 0 Å². The normalized spacial score (nSPS) is 14.9. The predicted octanol–water partition coefficient (Wildman–Crippen LogP) is 5.83. The number of rotatable bonds is 8. The fourth-order valence-electron chi connectivity index (χ4n) is 2.48. The Labute approximate surface area is 104 Å². The highest BCUT2D eigenvalue weighted by molar-refractivity contribution is 4.99. The molecule has 0 rings (SSSR count). The molecule has 0 heteroatoms. The van der Waals surface area contributed by atoms with Crippen LogP contribution in [0.2, 0.25) is 0 Å². The first kappa shape index (κ1) is 15.7. The van der Waals surface area contributed by atoms with Gasteiger partial charge >= 0.3 is 0 Å². The molecule has 0 amide bonds. The Morgan fingerprint density at radius 2 is 1.62 bits per heavy atom.